The summed E-state index contributed by atoms with van der Waals surface area (Å²) < 4.78 is 0. The van der Waals surface area contributed by atoms with Gasteiger partial charge in [0.25, 0.3) is 0 Å². The Balaban J connectivity index is 3.40. The largest absolute Gasteiger partial charge is 0.481 e. The molecule has 0 aliphatic rings. The van der Waals surface area contributed by atoms with Gasteiger partial charge in [0.2, 0.25) is 0 Å². The number of allylic oxidation sites excluding steroid dienone is 2. The molecule has 0 aromatic heterocycles. The summed E-state index contributed by atoms with van der Waals surface area (Å²) in [5, 5.41) is 9.64. The van der Waals surface area contributed by atoms with Crippen LogP contribution in [-0.4, -0.2) is 11.1 Å². The van der Waals surface area contributed by atoms with Crippen LogP contribution in [0.25, 0.3) is 0 Å². The van der Waals surface area contributed by atoms with Gasteiger partial charge in [-0.15, -0.1) is 0 Å². The van der Waals surface area contributed by atoms with Crippen molar-refractivity contribution in [2.75, 3.05) is 0 Å². The lowest BCUT2D eigenvalue weighted by Gasteiger charge is -2.12. The van der Waals surface area contributed by atoms with Crippen LogP contribution in [0.3, 0.4) is 0 Å². The summed E-state index contributed by atoms with van der Waals surface area (Å²) >= 11 is 0. The van der Waals surface area contributed by atoms with Crippen molar-refractivity contribution < 1.29 is 9.90 Å². The molecule has 0 bridgehead atoms. The SMILES string of the molecule is CCCCCCCC/C=C\CCCCCCCCCCC(CCCCCCCCCCCCCCCCCC)C(=O)O. The third-order valence-electron chi connectivity index (χ3n) is 9.32. The molecule has 0 aliphatic heterocycles. The van der Waals surface area contributed by atoms with Crippen LogP contribution in [0.4, 0.5) is 0 Å². The first-order valence-corrected chi connectivity index (χ1v) is 19.6. The minimum absolute atomic E-state index is 0.106. The van der Waals surface area contributed by atoms with Gasteiger partial charge in [0.15, 0.2) is 0 Å². The van der Waals surface area contributed by atoms with Crippen molar-refractivity contribution in [2.45, 2.75) is 232 Å². The van der Waals surface area contributed by atoms with Gasteiger partial charge in [-0.3, -0.25) is 4.79 Å². The Morgan fingerprint density at radius 1 is 0.405 bits per heavy atom. The van der Waals surface area contributed by atoms with Gasteiger partial charge in [-0.2, -0.15) is 0 Å². The average Bonchev–Trinajstić information content (AvgIpc) is 2.99. The van der Waals surface area contributed by atoms with Crippen LogP contribution in [0.2, 0.25) is 0 Å². The number of hydrogen-bond acceptors (Lipinski definition) is 1. The Morgan fingerprint density at radius 3 is 0.905 bits per heavy atom. The van der Waals surface area contributed by atoms with Crippen molar-refractivity contribution in [2.24, 2.45) is 5.92 Å². The molecule has 1 atom stereocenters. The number of rotatable bonds is 36. The second kappa shape index (κ2) is 36.4. The smallest absolute Gasteiger partial charge is 0.306 e. The fourth-order valence-electron chi connectivity index (χ4n) is 6.32. The molecule has 2 nitrogen and oxygen atoms in total. The summed E-state index contributed by atoms with van der Waals surface area (Å²) in [6, 6.07) is 0. The predicted octanol–water partition coefficient (Wildman–Crippen LogP) is 14.5. The summed E-state index contributed by atoms with van der Waals surface area (Å²) in [7, 11) is 0. The summed E-state index contributed by atoms with van der Waals surface area (Å²) in [5.41, 5.74) is 0. The van der Waals surface area contributed by atoms with Gasteiger partial charge in [-0.25, -0.2) is 0 Å². The van der Waals surface area contributed by atoms with Gasteiger partial charge in [0, 0.05) is 0 Å². The van der Waals surface area contributed by atoms with Crippen LogP contribution in [0, 0.1) is 5.92 Å². The third-order valence-corrected chi connectivity index (χ3v) is 9.32. The Hall–Kier alpha value is -0.790. The lowest BCUT2D eigenvalue weighted by Crippen LogP contribution is -2.13. The molecular weight excluding hydrogens is 512 g/mol. The van der Waals surface area contributed by atoms with Gasteiger partial charge in [0.05, 0.1) is 5.92 Å². The van der Waals surface area contributed by atoms with Crippen molar-refractivity contribution >= 4 is 5.97 Å². The van der Waals surface area contributed by atoms with Crippen molar-refractivity contribution in [3.05, 3.63) is 12.2 Å². The third kappa shape index (κ3) is 33.7. The van der Waals surface area contributed by atoms with Crippen LogP contribution in [0.1, 0.15) is 232 Å². The Labute approximate surface area is 265 Å². The first-order valence-electron chi connectivity index (χ1n) is 19.6. The average molecular weight is 591 g/mol. The number of aliphatic carboxylic acids is 1. The van der Waals surface area contributed by atoms with Crippen molar-refractivity contribution in [1.82, 2.24) is 0 Å². The van der Waals surface area contributed by atoms with Crippen molar-refractivity contribution in [1.29, 1.82) is 0 Å². The van der Waals surface area contributed by atoms with E-state index in [0.29, 0.717) is 0 Å². The highest BCUT2D eigenvalue weighted by molar-refractivity contribution is 5.69. The highest BCUT2D eigenvalue weighted by Crippen LogP contribution is 2.20. The quantitative estimate of drug-likeness (QED) is 0.0582. The van der Waals surface area contributed by atoms with Crippen LogP contribution >= 0.6 is 0 Å². The van der Waals surface area contributed by atoms with Gasteiger partial charge >= 0.3 is 5.97 Å². The molecule has 0 saturated carbocycles. The first kappa shape index (κ1) is 41.2. The zero-order valence-electron chi connectivity index (χ0n) is 29.1. The summed E-state index contributed by atoms with van der Waals surface area (Å²) in [6.07, 6.45) is 49.8. The molecular formula is C40H78O2. The molecule has 0 radical (unpaired) electrons. The van der Waals surface area contributed by atoms with Crippen molar-refractivity contribution in [3.63, 3.8) is 0 Å². The normalized spacial score (nSPS) is 12.4. The van der Waals surface area contributed by atoms with E-state index in [1.165, 1.54) is 193 Å². The Bertz CT molecular complexity index is 540. The lowest BCUT2D eigenvalue weighted by molar-refractivity contribution is -0.142. The van der Waals surface area contributed by atoms with Gasteiger partial charge < -0.3 is 5.11 Å². The van der Waals surface area contributed by atoms with Crippen LogP contribution in [0.5, 0.6) is 0 Å². The number of carbonyl (C=O) groups is 1. The van der Waals surface area contributed by atoms with E-state index < -0.39 is 5.97 Å². The minimum Gasteiger partial charge on any atom is -0.481 e. The maximum absolute atomic E-state index is 11.7. The standard InChI is InChI=1S/C40H78O2/c1-3-5-7-9-11-13-15-17-19-21-22-24-26-28-30-32-34-36-38-39(40(41)42)37-35-33-31-29-27-25-23-20-18-16-14-12-10-8-6-4-2/h17,19,39H,3-16,18,20-38H2,1-2H3,(H,41,42)/b19-17-. The molecule has 0 rings (SSSR count). The fraction of sp³-hybridized carbons (Fsp3) is 0.925. The summed E-state index contributed by atoms with van der Waals surface area (Å²) in [4.78, 5) is 11.7. The predicted molar refractivity (Wildman–Crippen MR) is 189 cm³/mol. The highest BCUT2D eigenvalue weighted by atomic mass is 16.4. The summed E-state index contributed by atoms with van der Waals surface area (Å²) in [6.45, 7) is 4.57. The monoisotopic (exact) mass is 591 g/mol. The van der Waals surface area contributed by atoms with Crippen LogP contribution in [-0.2, 0) is 4.79 Å². The van der Waals surface area contributed by atoms with Crippen LogP contribution < -0.4 is 0 Å². The van der Waals surface area contributed by atoms with E-state index >= 15 is 0 Å². The van der Waals surface area contributed by atoms with Crippen molar-refractivity contribution in [3.8, 4) is 0 Å². The molecule has 0 fully saturated rings. The van der Waals surface area contributed by atoms with Gasteiger partial charge in [0.1, 0.15) is 0 Å². The van der Waals surface area contributed by atoms with Gasteiger partial charge in [-0.05, 0) is 38.5 Å². The number of carboxylic acids is 1. The lowest BCUT2D eigenvalue weighted by atomic mass is 9.94. The maximum Gasteiger partial charge on any atom is 0.306 e. The minimum atomic E-state index is -0.558. The molecule has 0 aromatic rings. The summed E-state index contributed by atoms with van der Waals surface area (Å²) in [5.74, 6) is -0.664. The van der Waals surface area contributed by atoms with E-state index in [2.05, 4.69) is 26.0 Å². The fourth-order valence-corrected chi connectivity index (χ4v) is 6.32. The molecule has 1 N–H and O–H groups in total. The molecule has 0 saturated heterocycles. The van der Waals surface area contributed by atoms with E-state index in [4.69, 9.17) is 0 Å². The molecule has 42 heavy (non-hydrogen) atoms. The molecule has 0 aliphatic carbocycles. The molecule has 0 spiro atoms. The number of carboxylic acid groups (broad SMARTS) is 1. The molecule has 250 valence electrons. The second-order valence-electron chi connectivity index (χ2n) is 13.6. The van der Waals surface area contributed by atoms with E-state index in [1.54, 1.807) is 0 Å². The number of hydrogen-bond donors (Lipinski definition) is 1. The molecule has 0 amide bonds. The van der Waals surface area contributed by atoms with Gasteiger partial charge in [-0.1, -0.05) is 206 Å². The molecule has 0 heterocycles. The van der Waals surface area contributed by atoms with E-state index in [9.17, 15) is 9.90 Å². The highest BCUT2D eigenvalue weighted by Gasteiger charge is 2.16. The van der Waals surface area contributed by atoms with E-state index in [-0.39, 0.29) is 5.92 Å². The molecule has 0 aromatic carbocycles. The van der Waals surface area contributed by atoms with E-state index in [0.717, 1.165) is 25.7 Å². The van der Waals surface area contributed by atoms with E-state index in [1.807, 2.05) is 0 Å². The zero-order chi connectivity index (χ0) is 30.6. The molecule has 1 unspecified atom stereocenters. The second-order valence-corrected chi connectivity index (χ2v) is 13.6. The van der Waals surface area contributed by atoms with Crippen LogP contribution in [0.15, 0.2) is 12.2 Å². The number of unbranched alkanes of at least 4 members (excludes halogenated alkanes) is 29. The maximum atomic E-state index is 11.7. The Morgan fingerprint density at radius 2 is 0.643 bits per heavy atom. The Kier molecular flexibility index (Phi) is 35.7. The first-order chi connectivity index (χ1) is 20.7. The topological polar surface area (TPSA) is 37.3 Å². The molecule has 2 heteroatoms. The zero-order valence-corrected chi connectivity index (χ0v) is 29.1.